The molecule has 88 valence electrons. The number of halogens is 3. The summed E-state index contributed by atoms with van der Waals surface area (Å²) in [6.07, 6.45) is 0. The number of rotatable bonds is 2. The van der Waals surface area contributed by atoms with Gasteiger partial charge in [0, 0.05) is 14.1 Å². The Balaban J connectivity index is 2.91. The maximum absolute atomic E-state index is 11.5. The lowest BCUT2D eigenvalue weighted by molar-refractivity contribution is 0.207. The van der Waals surface area contributed by atoms with Crippen molar-refractivity contribution in [2.75, 3.05) is 19.4 Å². The van der Waals surface area contributed by atoms with Gasteiger partial charge in [-0.1, -0.05) is 34.8 Å². The van der Waals surface area contributed by atoms with E-state index in [0.717, 1.165) is 0 Å². The van der Waals surface area contributed by atoms with E-state index in [0.29, 0.717) is 10.7 Å². The third kappa shape index (κ3) is 2.92. The summed E-state index contributed by atoms with van der Waals surface area (Å²) in [7, 11) is 3.19. The van der Waals surface area contributed by atoms with Crippen LogP contribution in [0.5, 0.6) is 0 Å². The van der Waals surface area contributed by atoms with Crippen molar-refractivity contribution in [1.29, 1.82) is 0 Å². The van der Waals surface area contributed by atoms with Crippen LogP contribution in [-0.2, 0) is 0 Å². The Morgan fingerprint density at radius 2 is 1.88 bits per heavy atom. The van der Waals surface area contributed by atoms with Crippen molar-refractivity contribution >= 4 is 46.5 Å². The van der Waals surface area contributed by atoms with Gasteiger partial charge in [-0.2, -0.15) is 0 Å². The molecule has 0 bridgehead atoms. The SMILES string of the molecule is CNN(C)C(=O)Nc1ccc(Cl)c(Cl)c1Cl. The third-order valence-corrected chi connectivity index (χ3v) is 3.21. The quantitative estimate of drug-likeness (QED) is 0.646. The summed E-state index contributed by atoms with van der Waals surface area (Å²) in [4.78, 5) is 11.5. The number of carbonyl (C=O) groups is 1. The Hall–Kier alpha value is -0.680. The highest BCUT2D eigenvalue weighted by atomic mass is 35.5. The molecule has 2 N–H and O–H groups in total. The van der Waals surface area contributed by atoms with Gasteiger partial charge in [0.15, 0.2) is 0 Å². The van der Waals surface area contributed by atoms with Crippen LogP contribution < -0.4 is 10.7 Å². The minimum Gasteiger partial charge on any atom is -0.305 e. The first-order valence-corrected chi connectivity index (χ1v) is 5.46. The molecule has 0 aliphatic rings. The fraction of sp³-hybridized carbons (Fsp3) is 0.222. The normalized spacial score (nSPS) is 10.1. The van der Waals surface area contributed by atoms with Crippen molar-refractivity contribution in [2.45, 2.75) is 0 Å². The molecular formula is C9H10Cl3N3O. The summed E-state index contributed by atoms with van der Waals surface area (Å²) >= 11 is 17.5. The van der Waals surface area contributed by atoms with E-state index in [-0.39, 0.29) is 16.1 Å². The van der Waals surface area contributed by atoms with Crippen molar-refractivity contribution in [3.8, 4) is 0 Å². The van der Waals surface area contributed by atoms with Gasteiger partial charge in [-0.05, 0) is 12.1 Å². The van der Waals surface area contributed by atoms with Crippen LogP contribution in [0.1, 0.15) is 0 Å². The number of benzene rings is 1. The Bertz CT molecular complexity index is 411. The van der Waals surface area contributed by atoms with Crippen LogP contribution in [0, 0.1) is 0 Å². The van der Waals surface area contributed by atoms with Crippen LogP contribution in [0.3, 0.4) is 0 Å². The number of hydrogen-bond donors (Lipinski definition) is 2. The number of nitrogens with zero attached hydrogens (tertiary/aromatic N) is 1. The number of urea groups is 1. The number of carbonyl (C=O) groups excluding carboxylic acids is 1. The van der Waals surface area contributed by atoms with Crippen molar-refractivity contribution < 1.29 is 4.79 Å². The maximum atomic E-state index is 11.5. The molecule has 7 heteroatoms. The van der Waals surface area contributed by atoms with Crippen molar-refractivity contribution in [1.82, 2.24) is 10.4 Å². The monoisotopic (exact) mass is 281 g/mol. The van der Waals surface area contributed by atoms with Gasteiger partial charge >= 0.3 is 6.03 Å². The Labute approximate surface area is 108 Å². The second kappa shape index (κ2) is 5.59. The zero-order valence-electron chi connectivity index (χ0n) is 8.64. The predicted molar refractivity (Wildman–Crippen MR) is 67.3 cm³/mol. The number of amides is 2. The molecule has 0 aliphatic heterocycles. The van der Waals surface area contributed by atoms with Gasteiger partial charge in [0.05, 0.1) is 20.8 Å². The van der Waals surface area contributed by atoms with E-state index in [4.69, 9.17) is 34.8 Å². The molecule has 1 aromatic carbocycles. The third-order valence-electron chi connectivity index (χ3n) is 1.92. The molecule has 0 spiro atoms. The number of anilines is 1. The zero-order chi connectivity index (χ0) is 12.3. The van der Waals surface area contributed by atoms with Gasteiger partial charge < -0.3 is 5.32 Å². The van der Waals surface area contributed by atoms with E-state index < -0.39 is 0 Å². The number of hydrogen-bond acceptors (Lipinski definition) is 2. The Morgan fingerprint density at radius 3 is 2.44 bits per heavy atom. The highest BCUT2D eigenvalue weighted by Crippen LogP contribution is 2.35. The molecule has 16 heavy (non-hydrogen) atoms. The van der Waals surface area contributed by atoms with Crippen LogP contribution in [-0.4, -0.2) is 25.1 Å². The van der Waals surface area contributed by atoms with Crippen LogP contribution in [0.15, 0.2) is 12.1 Å². The van der Waals surface area contributed by atoms with Crippen molar-refractivity contribution in [3.63, 3.8) is 0 Å². The summed E-state index contributed by atoms with van der Waals surface area (Å²) in [5, 5.41) is 4.61. The minimum atomic E-state index is -0.359. The van der Waals surface area contributed by atoms with Gasteiger partial charge in [-0.25, -0.2) is 10.2 Å². The summed E-state index contributed by atoms with van der Waals surface area (Å²) in [5.74, 6) is 0. The molecule has 1 aromatic rings. The van der Waals surface area contributed by atoms with E-state index >= 15 is 0 Å². The molecule has 1 rings (SSSR count). The van der Waals surface area contributed by atoms with Crippen molar-refractivity contribution in [3.05, 3.63) is 27.2 Å². The van der Waals surface area contributed by atoms with Crippen LogP contribution in [0.4, 0.5) is 10.5 Å². The first-order chi connectivity index (χ1) is 7.47. The molecule has 0 unspecified atom stereocenters. The molecule has 0 saturated heterocycles. The molecule has 0 heterocycles. The Morgan fingerprint density at radius 1 is 1.25 bits per heavy atom. The van der Waals surface area contributed by atoms with Crippen LogP contribution >= 0.6 is 34.8 Å². The summed E-state index contributed by atoms with van der Waals surface area (Å²) in [6, 6.07) is 2.78. The Kier molecular flexibility index (Phi) is 4.68. The van der Waals surface area contributed by atoms with Crippen LogP contribution in [0.25, 0.3) is 0 Å². The largest absolute Gasteiger partial charge is 0.335 e. The van der Waals surface area contributed by atoms with Gasteiger partial charge in [0.2, 0.25) is 0 Å². The standard InChI is InChI=1S/C9H10Cl3N3O/c1-13-15(2)9(16)14-6-4-3-5(10)7(11)8(6)12/h3-4,13H,1-2H3,(H,14,16). The minimum absolute atomic E-state index is 0.215. The molecule has 0 saturated carbocycles. The highest BCUT2D eigenvalue weighted by molar-refractivity contribution is 6.49. The molecule has 0 atom stereocenters. The van der Waals surface area contributed by atoms with E-state index in [2.05, 4.69) is 10.7 Å². The summed E-state index contributed by atoms with van der Waals surface area (Å²) in [6.45, 7) is 0. The maximum Gasteiger partial charge on any atom is 0.335 e. The molecular weight excluding hydrogens is 272 g/mol. The lowest BCUT2D eigenvalue weighted by Crippen LogP contribution is -2.39. The lowest BCUT2D eigenvalue weighted by Gasteiger charge is -2.17. The first-order valence-electron chi connectivity index (χ1n) is 4.33. The summed E-state index contributed by atoms with van der Waals surface area (Å²) in [5.41, 5.74) is 3.06. The first kappa shape index (κ1) is 13.4. The topological polar surface area (TPSA) is 44.4 Å². The second-order valence-electron chi connectivity index (χ2n) is 2.94. The number of hydrazine groups is 1. The smallest absolute Gasteiger partial charge is 0.305 e. The fourth-order valence-corrected chi connectivity index (χ4v) is 1.51. The van der Waals surface area contributed by atoms with Gasteiger partial charge in [-0.3, -0.25) is 5.01 Å². The molecule has 2 amide bonds. The average Bonchev–Trinajstić information content (AvgIpc) is 2.28. The van der Waals surface area contributed by atoms with Crippen molar-refractivity contribution in [2.24, 2.45) is 0 Å². The zero-order valence-corrected chi connectivity index (χ0v) is 10.9. The molecule has 0 aromatic heterocycles. The average molecular weight is 283 g/mol. The number of nitrogens with one attached hydrogen (secondary N) is 2. The molecule has 4 nitrogen and oxygen atoms in total. The fourth-order valence-electron chi connectivity index (χ4n) is 0.923. The van der Waals surface area contributed by atoms with E-state index in [1.807, 2.05) is 0 Å². The van der Waals surface area contributed by atoms with Gasteiger partial charge in [0.1, 0.15) is 0 Å². The van der Waals surface area contributed by atoms with E-state index in [1.165, 1.54) is 5.01 Å². The van der Waals surface area contributed by atoms with E-state index in [9.17, 15) is 4.79 Å². The molecule has 0 fully saturated rings. The van der Waals surface area contributed by atoms with Crippen LogP contribution in [0.2, 0.25) is 15.1 Å². The lowest BCUT2D eigenvalue weighted by atomic mass is 10.3. The second-order valence-corrected chi connectivity index (χ2v) is 4.10. The summed E-state index contributed by atoms with van der Waals surface area (Å²) < 4.78 is 0. The highest BCUT2D eigenvalue weighted by Gasteiger charge is 2.12. The molecule has 0 aliphatic carbocycles. The van der Waals surface area contributed by atoms with Gasteiger partial charge in [0.25, 0.3) is 0 Å². The van der Waals surface area contributed by atoms with Gasteiger partial charge in [-0.15, -0.1) is 0 Å². The van der Waals surface area contributed by atoms with E-state index in [1.54, 1.807) is 26.2 Å². The molecule has 0 radical (unpaired) electrons. The predicted octanol–water partition coefficient (Wildman–Crippen LogP) is 3.24.